The van der Waals surface area contributed by atoms with Gasteiger partial charge in [0.15, 0.2) is 0 Å². The Morgan fingerprint density at radius 1 is 1.29 bits per heavy atom. The van der Waals surface area contributed by atoms with Gasteiger partial charge in [-0.3, -0.25) is 0 Å². The quantitative estimate of drug-likeness (QED) is 0.505. The monoisotopic (exact) mass is 159 g/mol. The predicted molar refractivity (Wildman–Crippen MR) is 32.3 cm³/mol. The van der Waals surface area contributed by atoms with Crippen LogP contribution in [0.3, 0.4) is 0 Å². The van der Waals surface area contributed by atoms with Gasteiger partial charge in [0, 0.05) is 0 Å². The van der Waals surface area contributed by atoms with E-state index in [2.05, 4.69) is 40.3 Å². The second-order valence-electron chi connectivity index (χ2n) is 1.60. The molecule has 0 nitrogen and oxygen atoms in total. The molecule has 0 aliphatic heterocycles. The zero-order valence-electron chi connectivity index (χ0n) is 4.00. The van der Waals surface area contributed by atoms with Crippen LogP contribution < -0.4 is 0 Å². The van der Waals surface area contributed by atoms with Crippen molar-refractivity contribution in [3.63, 3.8) is 0 Å². The normalized spacial score (nSPS) is 19.0. The third-order valence-corrected chi connectivity index (χ3v) is 1.83. The van der Waals surface area contributed by atoms with Crippen LogP contribution in [0.4, 0.5) is 0 Å². The second kappa shape index (κ2) is 2.34. The standard InChI is InChI=1S/C6H7Se/c7-5-6-3-1-2-4-6/h1-4,6H,5H2. The van der Waals surface area contributed by atoms with Crippen LogP contribution in [-0.2, 0) is 0 Å². The zero-order chi connectivity index (χ0) is 5.11. The summed E-state index contributed by atoms with van der Waals surface area (Å²) in [7, 11) is 0. The summed E-state index contributed by atoms with van der Waals surface area (Å²) in [4.78, 5) is 0. The molecular weight excluding hydrogens is 151 g/mol. The first-order chi connectivity index (χ1) is 3.43. The van der Waals surface area contributed by atoms with E-state index in [1.54, 1.807) is 0 Å². The Bertz CT molecular complexity index is 90.7. The van der Waals surface area contributed by atoms with E-state index in [-0.39, 0.29) is 0 Å². The summed E-state index contributed by atoms with van der Waals surface area (Å²) in [5.74, 6) is 0.681. The van der Waals surface area contributed by atoms with Crippen LogP contribution in [0.2, 0.25) is 5.32 Å². The summed E-state index contributed by atoms with van der Waals surface area (Å²) in [5.41, 5.74) is 0. The number of rotatable bonds is 1. The topological polar surface area (TPSA) is 0 Å². The molecule has 0 bridgehead atoms. The van der Waals surface area contributed by atoms with Gasteiger partial charge in [-0.05, 0) is 0 Å². The van der Waals surface area contributed by atoms with Crippen LogP contribution in [0.25, 0.3) is 0 Å². The Labute approximate surface area is 52.1 Å². The van der Waals surface area contributed by atoms with Crippen LogP contribution >= 0.6 is 0 Å². The first-order valence-electron chi connectivity index (χ1n) is 2.36. The summed E-state index contributed by atoms with van der Waals surface area (Å²) >= 11 is 2.98. The maximum absolute atomic E-state index is 2.98. The minimum atomic E-state index is 0.681. The summed E-state index contributed by atoms with van der Waals surface area (Å²) in [6.07, 6.45) is 8.55. The molecular formula is C6H7Se. The van der Waals surface area contributed by atoms with Gasteiger partial charge in [-0.1, -0.05) is 0 Å². The van der Waals surface area contributed by atoms with E-state index in [1.165, 1.54) is 0 Å². The molecule has 0 N–H and O–H groups in total. The third-order valence-electron chi connectivity index (χ3n) is 1.02. The molecule has 0 amide bonds. The Morgan fingerprint density at radius 3 is 2.14 bits per heavy atom. The predicted octanol–water partition coefficient (Wildman–Crippen LogP) is 1.32. The van der Waals surface area contributed by atoms with Crippen LogP contribution in [-0.4, -0.2) is 16.0 Å². The average molecular weight is 158 g/mol. The summed E-state index contributed by atoms with van der Waals surface area (Å²) < 4.78 is 0. The molecule has 0 aromatic rings. The fourth-order valence-corrected chi connectivity index (χ4v) is 1.06. The fraction of sp³-hybridized carbons (Fsp3) is 0.333. The van der Waals surface area contributed by atoms with Crippen molar-refractivity contribution in [2.45, 2.75) is 5.32 Å². The number of hydrogen-bond donors (Lipinski definition) is 0. The Balaban J connectivity index is 2.44. The molecule has 0 aromatic heterocycles. The van der Waals surface area contributed by atoms with Crippen molar-refractivity contribution in [1.29, 1.82) is 0 Å². The van der Waals surface area contributed by atoms with E-state index < -0.39 is 0 Å². The van der Waals surface area contributed by atoms with Gasteiger partial charge in [0.05, 0.1) is 0 Å². The van der Waals surface area contributed by atoms with Crippen LogP contribution in [0, 0.1) is 5.92 Å². The maximum atomic E-state index is 2.98. The molecule has 0 unspecified atom stereocenters. The SMILES string of the molecule is [Se]CC1C=CC=C1. The Morgan fingerprint density at radius 2 is 1.86 bits per heavy atom. The Kier molecular flexibility index (Phi) is 1.72. The zero-order valence-corrected chi connectivity index (χ0v) is 5.72. The molecule has 1 rings (SSSR count). The first-order valence-corrected chi connectivity index (χ1v) is 3.57. The molecule has 37 valence electrons. The van der Waals surface area contributed by atoms with Gasteiger partial charge in [0.2, 0.25) is 0 Å². The molecule has 0 heterocycles. The van der Waals surface area contributed by atoms with E-state index in [4.69, 9.17) is 0 Å². The molecule has 1 aliphatic rings. The van der Waals surface area contributed by atoms with E-state index in [9.17, 15) is 0 Å². The van der Waals surface area contributed by atoms with E-state index >= 15 is 0 Å². The molecule has 0 saturated carbocycles. The van der Waals surface area contributed by atoms with Crippen molar-refractivity contribution in [1.82, 2.24) is 0 Å². The number of allylic oxidation sites excluding steroid dienone is 4. The van der Waals surface area contributed by atoms with Crippen molar-refractivity contribution in [2.24, 2.45) is 5.92 Å². The van der Waals surface area contributed by atoms with Crippen LogP contribution in [0.1, 0.15) is 0 Å². The minimum absolute atomic E-state index is 0.681. The molecule has 1 heteroatoms. The van der Waals surface area contributed by atoms with Crippen molar-refractivity contribution >= 4 is 16.0 Å². The van der Waals surface area contributed by atoms with E-state index in [1.807, 2.05) is 0 Å². The molecule has 0 fully saturated rings. The molecule has 0 spiro atoms. The molecule has 1 aliphatic carbocycles. The van der Waals surface area contributed by atoms with Crippen molar-refractivity contribution < 1.29 is 0 Å². The van der Waals surface area contributed by atoms with Gasteiger partial charge in [0.1, 0.15) is 0 Å². The van der Waals surface area contributed by atoms with Gasteiger partial charge in [-0.2, -0.15) is 0 Å². The number of hydrogen-bond acceptors (Lipinski definition) is 0. The van der Waals surface area contributed by atoms with Gasteiger partial charge < -0.3 is 0 Å². The summed E-state index contributed by atoms with van der Waals surface area (Å²) in [6, 6.07) is 0. The van der Waals surface area contributed by atoms with Gasteiger partial charge in [-0.15, -0.1) is 0 Å². The van der Waals surface area contributed by atoms with E-state index in [0.717, 1.165) is 5.32 Å². The van der Waals surface area contributed by atoms with Crippen molar-refractivity contribution in [2.75, 3.05) is 0 Å². The van der Waals surface area contributed by atoms with Gasteiger partial charge in [0.25, 0.3) is 0 Å². The molecule has 0 saturated heterocycles. The molecule has 1 radical (unpaired) electrons. The first kappa shape index (κ1) is 5.14. The fourth-order valence-electron chi connectivity index (χ4n) is 0.589. The molecule has 7 heavy (non-hydrogen) atoms. The van der Waals surface area contributed by atoms with Crippen LogP contribution in [0.5, 0.6) is 0 Å². The molecule has 0 aromatic carbocycles. The second-order valence-corrected chi connectivity index (χ2v) is 2.30. The molecule has 0 atom stereocenters. The van der Waals surface area contributed by atoms with Gasteiger partial charge >= 0.3 is 51.6 Å². The summed E-state index contributed by atoms with van der Waals surface area (Å²) in [5, 5.41) is 1.12. The van der Waals surface area contributed by atoms with Crippen molar-refractivity contribution in [3.8, 4) is 0 Å². The Hall–Kier alpha value is -0.000519. The van der Waals surface area contributed by atoms with Crippen molar-refractivity contribution in [3.05, 3.63) is 24.3 Å². The van der Waals surface area contributed by atoms with Crippen LogP contribution in [0.15, 0.2) is 24.3 Å². The van der Waals surface area contributed by atoms with Gasteiger partial charge in [-0.25, -0.2) is 0 Å². The average Bonchev–Trinajstić information content (AvgIpc) is 2.14. The summed E-state index contributed by atoms with van der Waals surface area (Å²) in [6.45, 7) is 0. The van der Waals surface area contributed by atoms with E-state index in [0.29, 0.717) is 5.92 Å². The third kappa shape index (κ3) is 1.18.